The molecular weight excluding hydrogens is 220 g/mol. The van der Waals surface area contributed by atoms with Crippen molar-refractivity contribution >= 4 is 0 Å². The van der Waals surface area contributed by atoms with Crippen LogP contribution in [0, 0.1) is 11.8 Å². The van der Waals surface area contributed by atoms with Gasteiger partial charge in [-0.1, -0.05) is 29.4 Å². The topological polar surface area (TPSA) is 9.23 Å². The number of rotatable bonds is 0. The van der Waals surface area contributed by atoms with Crippen LogP contribution in [0.1, 0.15) is 40.5 Å². The molecule has 18 heavy (non-hydrogen) atoms. The zero-order valence-electron chi connectivity index (χ0n) is 12.0. The van der Waals surface area contributed by atoms with Gasteiger partial charge in [0, 0.05) is 0 Å². The average molecular weight is 244 g/mol. The summed E-state index contributed by atoms with van der Waals surface area (Å²) in [5, 5.41) is 0. The third kappa shape index (κ3) is 2.95. The smallest absolute Gasteiger partial charge is 0.0879 e. The third-order valence-corrected chi connectivity index (χ3v) is 4.25. The molecule has 1 heterocycles. The molecule has 0 radical (unpaired) electrons. The van der Waals surface area contributed by atoms with Gasteiger partial charge >= 0.3 is 0 Å². The van der Waals surface area contributed by atoms with Crippen LogP contribution in [0.5, 0.6) is 0 Å². The summed E-state index contributed by atoms with van der Waals surface area (Å²) in [7, 11) is 0. The van der Waals surface area contributed by atoms with E-state index in [0.29, 0.717) is 11.8 Å². The Morgan fingerprint density at radius 2 is 1.56 bits per heavy atom. The predicted octanol–water partition coefficient (Wildman–Crippen LogP) is 4.79. The second-order valence-electron chi connectivity index (χ2n) is 5.61. The van der Waals surface area contributed by atoms with Crippen molar-refractivity contribution in [2.45, 2.75) is 40.5 Å². The van der Waals surface area contributed by atoms with Gasteiger partial charge in [0.25, 0.3) is 0 Å². The Balaban J connectivity index is 2.22. The molecule has 1 heteroatoms. The molecule has 1 aliphatic heterocycles. The van der Waals surface area contributed by atoms with Gasteiger partial charge in [-0.05, 0) is 63.5 Å². The Kier molecular flexibility index (Phi) is 4.11. The van der Waals surface area contributed by atoms with E-state index in [2.05, 4.69) is 45.9 Å². The van der Waals surface area contributed by atoms with E-state index in [1.165, 1.54) is 22.3 Å². The van der Waals surface area contributed by atoms with E-state index in [1.54, 1.807) is 0 Å². The summed E-state index contributed by atoms with van der Waals surface area (Å²) in [4.78, 5) is 0. The molecule has 0 saturated heterocycles. The Labute approximate surface area is 111 Å². The molecule has 2 unspecified atom stereocenters. The maximum Gasteiger partial charge on any atom is 0.0879 e. The van der Waals surface area contributed by atoms with Crippen molar-refractivity contribution in [1.29, 1.82) is 0 Å². The standard InChI is InChI=1S/C17H24O/c1-12-5-6-16-9-13(2)14(3)10-17(16)7-8-18-11-15(12)4/h5,9-11,16-17H,6-8H2,1-4H3/b12-5-,15-11-. The minimum atomic E-state index is 0.629. The SMILES string of the molecule is CC1=CC2C/C=C(C)\C(C)=C/OCCC2C=C1C. The molecule has 0 fully saturated rings. The number of ether oxygens (including phenoxy) is 1. The molecule has 2 aliphatic rings. The summed E-state index contributed by atoms with van der Waals surface area (Å²) < 4.78 is 5.65. The normalized spacial score (nSPS) is 34.9. The highest BCUT2D eigenvalue weighted by molar-refractivity contribution is 5.33. The highest BCUT2D eigenvalue weighted by Crippen LogP contribution is 2.33. The Bertz CT molecular complexity index is 435. The second-order valence-corrected chi connectivity index (χ2v) is 5.61. The quantitative estimate of drug-likeness (QED) is 0.595. The van der Waals surface area contributed by atoms with Crippen molar-refractivity contribution in [2.24, 2.45) is 11.8 Å². The molecule has 0 spiro atoms. The van der Waals surface area contributed by atoms with Crippen LogP contribution in [0.15, 0.2) is 46.8 Å². The summed E-state index contributed by atoms with van der Waals surface area (Å²) in [5.41, 5.74) is 5.46. The van der Waals surface area contributed by atoms with Gasteiger partial charge in [-0.25, -0.2) is 0 Å². The molecule has 2 rings (SSSR count). The lowest BCUT2D eigenvalue weighted by Crippen LogP contribution is -2.17. The first-order valence-electron chi connectivity index (χ1n) is 6.90. The van der Waals surface area contributed by atoms with Crippen LogP contribution in [0.2, 0.25) is 0 Å². The lowest BCUT2D eigenvalue weighted by atomic mass is 9.79. The number of allylic oxidation sites excluding steroid dienone is 7. The Hall–Kier alpha value is -1.24. The highest BCUT2D eigenvalue weighted by atomic mass is 16.5. The van der Waals surface area contributed by atoms with Crippen LogP contribution in [0.4, 0.5) is 0 Å². The number of hydrogen-bond acceptors (Lipinski definition) is 1. The van der Waals surface area contributed by atoms with Crippen molar-refractivity contribution in [3.05, 3.63) is 46.8 Å². The van der Waals surface area contributed by atoms with E-state index in [0.717, 1.165) is 19.4 Å². The molecule has 0 N–H and O–H groups in total. The molecule has 0 aromatic carbocycles. The molecule has 2 atom stereocenters. The zero-order chi connectivity index (χ0) is 13.1. The lowest BCUT2D eigenvalue weighted by molar-refractivity contribution is 0.216. The molecule has 0 aromatic heterocycles. The van der Waals surface area contributed by atoms with Crippen molar-refractivity contribution in [3.8, 4) is 0 Å². The molecule has 0 bridgehead atoms. The van der Waals surface area contributed by atoms with E-state index in [4.69, 9.17) is 4.74 Å². The minimum absolute atomic E-state index is 0.629. The van der Waals surface area contributed by atoms with Gasteiger partial charge in [-0.2, -0.15) is 0 Å². The van der Waals surface area contributed by atoms with Crippen molar-refractivity contribution in [1.82, 2.24) is 0 Å². The van der Waals surface area contributed by atoms with Gasteiger partial charge in [0.15, 0.2) is 0 Å². The van der Waals surface area contributed by atoms with Gasteiger partial charge in [0.05, 0.1) is 12.9 Å². The molecule has 0 amide bonds. The van der Waals surface area contributed by atoms with Gasteiger partial charge < -0.3 is 4.74 Å². The third-order valence-electron chi connectivity index (χ3n) is 4.25. The first-order valence-corrected chi connectivity index (χ1v) is 6.90. The Morgan fingerprint density at radius 3 is 2.28 bits per heavy atom. The lowest BCUT2D eigenvalue weighted by Gasteiger charge is -2.27. The average Bonchev–Trinajstić information content (AvgIpc) is 2.35. The van der Waals surface area contributed by atoms with E-state index in [9.17, 15) is 0 Å². The molecular formula is C17H24O. The number of hydrogen-bond donors (Lipinski definition) is 0. The van der Waals surface area contributed by atoms with E-state index < -0.39 is 0 Å². The zero-order valence-corrected chi connectivity index (χ0v) is 12.0. The molecule has 1 nitrogen and oxygen atoms in total. The van der Waals surface area contributed by atoms with Gasteiger partial charge in [-0.3, -0.25) is 0 Å². The first kappa shape index (κ1) is 13.2. The molecule has 0 aromatic rings. The summed E-state index contributed by atoms with van der Waals surface area (Å²) in [6.45, 7) is 9.55. The minimum Gasteiger partial charge on any atom is -0.501 e. The van der Waals surface area contributed by atoms with Gasteiger partial charge in [-0.15, -0.1) is 0 Å². The molecule has 0 saturated carbocycles. The van der Waals surface area contributed by atoms with Crippen LogP contribution < -0.4 is 0 Å². The summed E-state index contributed by atoms with van der Waals surface area (Å²) in [6, 6.07) is 0. The maximum absolute atomic E-state index is 5.65. The van der Waals surface area contributed by atoms with Gasteiger partial charge in [0.1, 0.15) is 0 Å². The fourth-order valence-corrected chi connectivity index (χ4v) is 2.65. The van der Waals surface area contributed by atoms with Crippen LogP contribution in [-0.2, 0) is 4.74 Å². The summed E-state index contributed by atoms with van der Waals surface area (Å²) >= 11 is 0. The monoisotopic (exact) mass is 244 g/mol. The summed E-state index contributed by atoms with van der Waals surface area (Å²) in [5.74, 6) is 1.27. The van der Waals surface area contributed by atoms with Crippen LogP contribution in [0.25, 0.3) is 0 Å². The Morgan fingerprint density at radius 1 is 0.889 bits per heavy atom. The van der Waals surface area contributed by atoms with Crippen molar-refractivity contribution in [3.63, 3.8) is 0 Å². The van der Waals surface area contributed by atoms with Crippen LogP contribution >= 0.6 is 0 Å². The van der Waals surface area contributed by atoms with Crippen molar-refractivity contribution < 1.29 is 4.74 Å². The van der Waals surface area contributed by atoms with Crippen LogP contribution in [-0.4, -0.2) is 6.61 Å². The van der Waals surface area contributed by atoms with Crippen LogP contribution in [0.3, 0.4) is 0 Å². The van der Waals surface area contributed by atoms with E-state index in [1.807, 2.05) is 6.26 Å². The first-order chi connectivity index (χ1) is 8.58. The van der Waals surface area contributed by atoms with E-state index >= 15 is 0 Å². The van der Waals surface area contributed by atoms with Crippen molar-refractivity contribution in [2.75, 3.05) is 6.61 Å². The molecule has 1 aliphatic carbocycles. The van der Waals surface area contributed by atoms with E-state index in [-0.39, 0.29) is 0 Å². The number of fused-ring (bicyclic) bond motifs is 1. The summed E-state index contributed by atoms with van der Waals surface area (Å²) in [6.07, 6.45) is 11.4. The maximum atomic E-state index is 5.65. The highest BCUT2D eigenvalue weighted by Gasteiger charge is 2.21. The second kappa shape index (κ2) is 5.60. The predicted molar refractivity (Wildman–Crippen MR) is 77.2 cm³/mol. The molecule has 98 valence electrons. The fraction of sp³-hybridized carbons (Fsp3) is 0.529. The fourth-order valence-electron chi connectivity index (χ4n) is 2.65. The largest absolute Gasteiger partial charge is 0.501 e. The van der Waals surface area contributed by atoms with Gasteiger partial charge in [0.2, 0.25) is 0 Å².